The number of nitrogens with one attached hydrogen (secondary N) is 1. The number of allylic oxidation sites excluding steroid dienone is 1. The van der Waals surface area contributed by atoms with Crippen LogP contribution in [0, 0.1) is 41.0 Å². The largest absolute Gasteiger partial charge is 0.348 e. The summed E-state index contributed by atoms with van der Waals surface area (Å²) in [6, 6.07) is 55.3. The Morgan fingerprint density at radius 3 is 1.56 bits per heavy atom. The molecule has 15 rings (SSSR count). The number of hydrogen-bond acceptors (Lipinski definition) is 11. The maximum Gasteiger partial charge on any atom is 0.270 e. The van der Waals surface area contributed by atoms with Gasteiger partial charge < -0.3 is 43.2 Å². The summed E-state index contributed by atoms with van der Waals surface area (Å²) < 4.78 is 9.47. The quantitative estimate of drug-likeness (QED) is 0.0298. The molecule has 7 heterocycles. The van der Waals surface area contributed by atoms with Crippen molar-refractivity contribution in [1.29, 1.82) is 0 Å². The molecule has 1 fully saturated rings. The molecule has 0 amide bonds. The van der Waals surface area contributed by atoms with Crippen LogP contribution in [0.4, 0.5) is 17.1 Å². The van der Waals surface area contributed by atoms with E-state index in [0.29, 0.717) is 0 Å². The van der Waals surface area contributed by atoms with Crippen molar-refractivity contribution in [3.05, 3.63) is 224 Å². The number of carbonyl (C=O) groups is 1. The number of pyridine rings is 1. The fourth-order valence-corrected chi connectivity index (χ4v) is 15.4. The number of benzene rings is 8. The number of anilines is 1. The van der Waals surface area contributed by atoms with Crippen molar-refractivity contribution in [3.8, 4) is 11.3 Å². The predicted molar refractivity (Wildman–Crippen MR) is 424 cm³/mol. The van der Waals surface area contributed by atoms with Crippen LogP contribution in [0.2, 0.25) is 0 Å². The van der Waals surface area contributed by atoms with E-state index in [1.54, 1.807) is 31.2 Å². The summed E-state index contributed by atoms with van der Waals surface area (Å²) in [6.45, 7) is 35.5. The van der Waals surface area contributed by atoms with E-state index in [4.69, 9.17) is 4.98 Å². The summed E-state index contributed by atoms with van der Waals surface area (Å²) in [7, 11) is 4.09. The number of hydrogen-bond donors (Lipinski definition) is 1. The van der Waals surface area contributed by atoms with Crippen molar-refractivity contribution in [2.75, 3.05) is 84.4 Å². The van der Waals surface area contributed by atoms with Gasteiger partial charge in [0.2, 0.25) is 0 Å². The number of nitro groups is 2. The van der Waals surface area contributed by atoms with Gasteiger partial charge in [0.1, 0.15) is 0 Å². The van der Waals surface area contributed by atoms with Crippen LogP contribution in [0.3, 0.4) is 0 Å². The Kier molecular flexibility index (Phi) is 22.4. The Labute approximate surface area is 598 Å². The molecule has 102 heavy (non-hydrogen) atoms. The molecule has 1 saturated heterocycles. The first-order valence-electron chi connectivity index (χ1n) is 36.5. The van der Waals surface area contributed by atoms with Crippen molar-refractivity contribution < 1.29 is 14.6 Å². The van der Waals surface area contributed by atoms with Gasteiger partial charge in [0, 0.05) is 181 Å². The van der Waals surface area contributed by atoms with Gasteiger partial charge in [0.25, 0.3) is 11.4 Å². The molecule has 2 aliphatic heterocycles. The summed E-state index contributed by atoms with van der Waals surface area (Å²) >= 11 is 0. The van der Waals surface area contributed by atoms with E-state index in [0.717, 1.165) is 169 Å². The average molecular weight is 1370 g/mol. The number of rotatable bonds is 22. The monoisotopic (exact) mass is 1370 g/mol. The molecule has 5 aromatic heterocycles. The zero-order valence-electron chi connectivity index (χ0n) is 61.2. The highest BCUT2D eigenvalue weighted by Gasteiger charge is 2.26. The third kappa shape index (κ3) is 15.0. The Balaban J connectivity index is 0.000000129. The number of carbonyl (C=O) groups excluding carboxylic acids is 1. The van der Waals surface area contributed by atoms with Crippen molar-refractivity contribution in [2.24, 2.45) is 0 Å². The molecule has 0 aliphatic carbocycles. The van der Waals surface area contributed by atoms with Crippen molar-refractivity contribution in [1.82, 2.24) is 43.3 Å². The molecule has 0 unspecified atom stereocenters. The summed E-state index contributed by atoms with van der Waals surface area (Å²) in [5.74, 6) is 0.0949. The maximum atomic E-state index is 12.0. The molecule has 0 spiro atoms. The smallest absolute Gasteiger partial charge is 0.270 e. The maximum absolute atomic E-state index is 12.0. The van der Waals surface area contributed by atoms with Crippen LogP contribution in [-0.4, -0.2) is 133 Å². The standard InChI is InChI=1S/C26H29N3O.C22H27N3.C20H23N3O2.C17H19N3O2/c1-5-28(6-2)14-15-29-25-12-10-20(19(4)30)16-22(25)23-17-21(11-13-26(23)29)24-9-7-8-18(3)27-24;1-5-24(6-2)13-14-25-19-10-8-7-9-18(19)21-20(25)12-11-17-15-16(3)23(4)22(17)21;1-15-5-7-19-17(13-15)18-14-16(23(24)25)6-8-20(18)22(19)12-4-11-21-9-2-3-10-21;1-12-4-6-16-14(10-12)15-11-13(20(21)22)5-7-17(15)19(16)9-3-8-18-2/h7-13,16-17H,5-6,14-15H2,1-4H3;7-12H,3,5-6,13-15H2,1-2,4H3;5-8,13-14H,2-4,9-12H2,1H3;4-7,10-11,18H,3,8-9H2,1-2H3. The number of fused-ring (bicyclic) bond motifs is 14. The first-order valence-corrected chi connectivity index (χ1v) is 36.5. The average Bonchev–Trinajstić information content (AvgIpc) is 1.59. The van der Waals surface area contributed by atoms with Crippen LogP contribution in [0.15, 0.2) is 176 Å². The lowest BCUT2D eigenvalue weighted by Gasteiger charge is -2.19. The molecule has 17 heteroatoms. The third-order valence-electron chi connectivity index (χ3n) is 21.0. The zero-order chi connectivity index (χ0) is 71.9. The van der Waals surface area contributed by atoms with E-state index in [1.165, 1.54) is 92.2 Å². The highest BCUT2D eigenvalue weighted by Crippen LogP contribution is 2.44. The van der Waals surface area contributed by atoms with E-state index >= 15 is 0 Å². The molecule has 13 aromatic rings. The van der Waals surface area contributed by atoms with Gasteiger partial charge in [0.15, 0.2) is 5.78 Å². The molecule has 0 saturated carbocycles. The molecule has 2 aliphatic rings. The lowest BCUT2D eigenvalue weighted by molar-refractivity contribution is -0.384. The van der Waals surface area contributed by atoms with Gasteiger partial charge in [-0.05, 0) is 209 Å². The van der Waals surface area contributed by atoms with Gasteiger partial charge in [-0.3, -0.25) is 30.0 Å². The summed E-state index contributed by atoms with van der Waals surface area (Å²) in [4.78, 5) is 48.0. The Hall–Kier alpha value is -10.0. The number of para-hydroxylation sites is 1. The van der Waals surface area contributed by atoms with Crippen LogP contribution in [0.1, 0.15) is 93.0 Å². The highest BCUT2D eigenvalue weighted by molar-refractivity contribution is 6.16. The molecule has 0 radical (unpaired) electrons. The summed E-state index contributed by atoms with van der Waals surface area (Å²) in [6.07, 6.45) is 5.71. The molecule has 1 N–H and O–H groups in total. The lowest BCUT2D eigenvalue weighted by Crippen LogP contribution is -2.26. The van der Waals surface area contributed by atoms with Crippen LogP contribution in [-0.2, 0) is 32.6 Å². The molecular weight excluding hydrogens is 1270 g/mol. The van der Waals surface area contributed by atoms with E-state index in [9.17, 15) is 25.0 Å². The number of aromatic nitrogens is 5. The Morgan fingerprint density at radius 1 is 0.529 bits per heavy atom. The van der Waals surface area contributed by atoms with Gasteiger partial charge in [-0.25, -0.2) is 0 Å². The number of aryl methyl sites for hydroxylation is 5. The number of ketones is 1. The number of likely N-dealkylation sites (N-methyl/N-ethyl adjacent to an activating group) is 3. The molecule has 0 bridgehead atoms. The first kappa shape index (κ1) is 71.8. The van der Waals surface area contributed by atoms with Crippen molar-refractivity contribution in [3.63, 3.8) is 0 Å². The summed E-state index contributed by atoms with van der Waals surface area (Å²) in [5, 5.41) is 34.6. The normalized spacial score (nSPS) is 13.1. The van der Waals surface area contributed by atoms with Crippen molar-refractivity contribution >= 4 is 110 Å². The van der Waals surface area contributed by atoms with Gasteiger partial charge in [0.05, 0.1) is 26.7 Å². The van der Waals surface area contributed by atoms with Gasteiger partial charge in [-0.1, -0.05) is 93.9 Å². The second kappa shape index (κ2) is 31.9. The minimum Gasteiger partial charge on any atom is -0.348 e. The van der Waals surface area contributed by atoms with Gasteiger partial charge in [-0.15, -0.1) is 0 Å². The molecule has 8 aromatic carbocycles. The first-order chi connectivity index (χ1) is 49.4. The van der Waals surface area contributed by atoms with Crippen LogP contribution >= 0.6 is 0 Å². The Morgan fingerprint density at radius 2 is 1.01 bits per heavy atom. The highest BCUT2D eigenvalue weighted by atomic mass is 16.6. The third-order valence-corrected chi connectivity index (χ3v) is 21.0. The number of nitrogens with zero attached hydrogens (tertiary/aromatic N) is 11. The van der Waals surface area contributed by atoms with E-state index in [2.05, 4.69) is 195 Å². The lowest BCUT2D eigenvalue weighted by atomic mass is 10.0. The number of nitro benzene ring substituents is 2. The van der Waals surface area contributed by atoms with E-state index < -0.39 is 0 Å². The van der Waals surface area contributed by atoms with Gasteiger partial charge in [-0.2, -0.15) is 0 Å². The van der Waals surface area contributed by atoms with E-state index in [1.807, 2.05) is 57.3 Å². The fourth-order valence-electron chi connectivity index (χ4n) is 15.4. The van der Waals surface area contributed by atoms with Crippen molar-refractivity contribution in [2.45, 2.75) is 114 Å². The summed E-state index contributed by atoms with van der Waals surface area (Å²) in [5.41, 5.74) is 19.9. The fraction of sp³-hybridized carbons (Fsp3) is 0.341. The van der Waals surface area contributed by atoms with E-state index in [-0.39, 0.29) is 27.0 Å². The second-order valence-corrected chi connectivity index (χ2v) is 27.4. The van der Waals surface area contributed by atoms with Crippen LogP contribution in [0.25, 0.3) is 98.5 Å². The molecule has 0 atom stereocenters. The number of Topliss-reactive ketones (excluding diaryl/α,β-unsaturated/α-hetero) is 1. The zero-order valence-corrected chi connectivity index (χ0v) is 61.2. The van der Waals surface area contributed by atoms with Gasteiger partial charge >= 0.3 is 0 Å². The Bertz CT molecular complexity index is 5250. The molecular formula is C85H98N12O5. The topological polar surface area (TPSA) is 161 Å². The second-order valence-electron chi connectivity index (χ2n) is 27.4. The minimum absolute atomic E-state index is 0.0949. The SMILES string of the molecule is C=C1Cc2ccc3c(c2N1C)c1ccccc1n3CCN(CC)CC.CCN(CC)CCn1c2ccc(C(C)=O)cc2c2cc(-c3cccc(C)n3)ccc21.CNCCCn1c2ccc(C)cc2c2cc([N+](=O)[O-])ccc21.Cc1ccc2c(c1)c1cc([N+](=O)[O-])ccc1n2CCCN1CCCC1. The predicted octanol–water partition coefficient (Wildman–Crippen LogP) is 18.5. The minimum atomic E-state index is -0.334. The molecule has 528 valence electrons. The molecule has 17 nitrogen and oxygen atoms in total. The van der Waals surface area contributed by atoms with Crippen LogP contribution in [0.5, 0.6) is 0 Å². The number of likely N-dealkylation sites (tertiary alicyclic amines) is 1. The van der Waals surface area contributed by atoms with Crippen LogP contribution < -0.4 is 10.2 Å². The number of non-ortho nitro benzene ring substituents is 2.